The molecule has 0 spiro atoms. The minimum Gasteiger partial charge on any atom is -0.347 e. The van der Waals surface area contributed by atoms with E-state index >= 15 is 0 Å². The summed E-state index contributed by atoms with van der Waals surface area (Å²) < 4.78 is 0. The van der Waals surface area contributed by atoms with E-state index in [9.17, 15) is 28.8 Å². The van der Waals surface area contributed by atoms with Crippen LogP contribution in [0.25, 0.3) is 0 Å². The van der Waals surface area contributed by atoms with E-state index in [0.29, 0.717) is 30.0 Å². The monoisotopic (exact) mass is 710 g/mol. The van der Waals surface area contributed by atoms with Crippen molar-refractivity contribution in [3.63, 3.8) is 0 Å². The third-order valence-electron chi connectivity index (χ3n) is 7.24. The Hall–Kier alpha value is -5.07. The molecule has 1 fully saturated rings. The molecular weight excluding hydrogens is 652 g/mol. The number of para-hydroxylation sites is 1. The molecular formula is C38H58N6O7. The fourth-order valence-corrected chi connectivity index (χ4v) is 4.99. The number of urea groups is 1. The second kappa shape index (κ2) is 25.8. The van der Waals surface area contributed by atoms with Crippen LogP contribution >= 0.6 is 0 Å². The molecule has 6 amide bonds. The number of nitrogens with zero attached hydrogens (tertiary/aromatic N) is 2. The molecule has 4 N–H and O–H groups in total. The average molecular weight is 711 g/mol. The molecule has 13 heteroatoms. The number of carbonyl (C=O) groups excluding carboxylic acids is 7. The van der Waals surface area contributed by atoms with Gasteiger partial charge >= 0.3 is 6.03 Å². The first kappa shape index (κ1) is 45.9. The molecule has 1 aliphatic heterocycles. The number of Topliss-reactive ketones (excluding diaryl/α,β-unsaturated/α-hetero) is 1. The molecule has 1 saturated heterocycles. The van der Waals surface area contributed by atoms with Gasteiger partial charge in [-0.15, -0.1) is 0 Å². The summed E-state index contributed by atoms with van der Waals surface area (Å²) in [6.07, 6.45) is 2.86. The highest BCUT2D eigenvalue weighted by Gasteiger charge is 2.33. The number of hydrogen-bond donors (Lipinski definition) is 4. The Bertz CT molecular complexity index is 1390. The quantitative estimate of drug-likeness (QED) is 0.229. The maximum Gasteiger partial charge on any atom is 0.323 e. The van der Waals surface area contributed by atoms with Gasteiger partial charge in [0, 0.05) is 36.9 Å². The molecule has 0 radical (unpaired) electrons. The predicted octanol–water partition coefficient (Wildman–Crippen LogP) is 4.88. The molecule has 2 aromatic rings. The largest absolute Gasteiger partial charge is 0.347 e. The first-order chi connectivity index (χ1) is 24.4. The van der Waals surface area contributed by atoms with E-state index in [2.05, 4.69) is 35.1 Å². The predicted molar refractivity (Wildman–Crippen MR) is 201 cm³/mol. The molecule has 0 bridgehead atoms. The first-order valence-corrected chi connectivity index (χ1v) is 17.5. The van der Waals surface area contributed by atoms with Gasteiger partial charge in [-0.3, -0.25) is 24.0 Å². The van der Waals surface area contributed by atoms with E-state index in [4.69, 9.17) is 4.79 Å². The number of carbonyl (C=O) groups is 7. The van der Waals surface area contributed by atoms with Crippen LogP contribution < -0.4 is 21.3 Å². The lowest BCUT2D eigenvalue weighted by atomic mass is 10.1. The van der Waals surface area contributed by atoms with Crippen molar-refractivity contribution in [1.82, 2.24) is 20.4 Å². The van der Waals surface area contributed by atoms with Gasteiger partial charge in [0.05, 0.1) is 19.5 Å². The molecule has 0 aromatic heterocycles. The Morgan fingerprint density at radius 1 is 0.843 bits per heavy atom. The van der Waals surface area contributed by atoms with E-state index < -0.39 is 35.8 Å². The second-order valence-corrected chi connectivity index (χ2v) is 11.9. The highest BCUT2D eigenvalue weighted by molar-refractivity contribution is 6.00. The first-order valence-electron chi connectivity index (χ1n) is 17.5. The second-order valence-electron chi connectivity index (χ2n) is 11.9. The molecule has 1 heterocycles. The van der Waals surface area contributed by atoms with Crippen LogP contribution in [0.5, 0.6) is 0 Å². The zero-order valence-corrected chi connectivity index (χ0v) is 31.6. The Balaban J connectivity index is 0.00000333. The molecule has 0 aliphatic carbocycles. The molecule has 282 valence electrons. The Kier molecular flexibility index (Phi) is 23.3. The number of amides is 6. The SMILES string of the molecule is C=O.CC.CC(=O)C[C@@H](C(=O)NCC(=O)N1CCCC1)N(C(=O)CNC(=O)Cc1ccc(NC(=O)Nc2ccccc2C)cc1)C(C)C.CCC. The summed E-state index contributed by atoms with van der Waals surface area (Å²) in [5.74, 6) is -2.03. The van der Waals surface area contributed by atoms with E-state index in [-0.39, 0.29) is 37.6 Å². The van der Waals surface area contributed by atoms with Gasteiger partial charge < -0.3 is 35.9 Å². The van der Waals surface area contributed by atoms with Crippen LogP contribution in [0.1, 0.15) is 85.3 Å². The van der Waals surface area contributed by atoms with Crippen LogP contribution in [0.3, 0.4) is 0 Å². The third kappa shape index (κ3) is 17.4. The van der Waals surface area contributed by atoms with Gasteiger partial charge in [-0.25, -0.2) is 4.79 Å². The summed E-state index contributed by atoms with van der Waals surface area (Å²) in [5.41, 5.74) is 2.84. The van der Waals surface area contributed by atoms with Crippen LogP contribution in [0.15, 0.2) is 48.5 Å². The van der Waals surface area contributed by atoms with Gasteiger partial charge in [0.25, 0.3) is 0 Å². The van der Waals surface area contributed by atoms with Crippen LogP contribution in [0, 0.1) is 6.92 Å². The van der Waals surface area contributed by atoms with Gasteiger partial charge in [0.1, 0.15) is 18.6 Å². The zero-order valence-electron chi connectivity index (χ0n) is 31.6. The summed E-state index contributed by atoms with van der Waals surface area (Å²) in [7, 11) is 0. The van der Waals surface area contributed by atoms with Gasteiger partial charge in [-0.2, -0.15) is 0 Å². The van der Waals surface area contributed by atoms with Crippen molar-refractivity contribution in [2.45, 2.75) is 99.6 Å². The number of aryl methyl sites for hydroxylation is 1. The zero-order chi connectivity index (χ0) is 38.9. The highest BCUT2D eigenvalue weighted by Crippen LogP contribution is 2.16. The van der Waals surface area contributed by atoms with Crippen molar-refractivity contribution in [2.75, 3.05) is 36.8 Å². The molecule has 2 aromatic carbocycles. The summed E-state index contributed by atoms with van der Waals surface area (Å²) in [5, 5.41) is 10.7. The maximum absolute atomic E-state index is 13.2. The normalized spacial score (nSPS) is 11.9. The van der Waals surface area contributed by atoms with Crippen LogP contribution in [-0.4, -0.2) is 90.3 Å². The smallest absolute Gasteiger partial charge is 0.323 e. The van der Waals surface area contributed by atoms with E-state index in [0.717, 1.165) is 18.4 Å². The third-order valence-corrected chi connectivity index (χ3v) is 7.24. The fraction of sp³-hybridized carbons (Fsp3) is 0.500. The van der Waals surface area contributed by atoms with Crippen LogP contribution in [0.4, 0.5) is 16.2 Å². The minimum absolute atomic E-state index is 0.0133. The van der Waals surface area contributed by atoms with Gasteiger partial charge in [0.15, 0.2) is 0 Å². The Morgan fingerprint density at radius 2 is 1.41 bits per heavy atom. The van der Waals surface area contributed by atoms with Crippen molar-refractivity contribution >= 4 is 53.6 Å². The van der Waals surface area contributed by atoms with Gasteiger partial charge in [0.2, 0.25) is 23.6 Å². The molecule has 51 heavy (non-hydrogen) atoms. The summed E-state index contributed by atoms with van der Waals surface area (Å²) in [6, 6.07) is 12.2. The molecule has 1 aliphatic rings. The number of rotatable bonds is 13. The Labute approximate surface area is 303 Å². The highest BCUT2D eigenvalue weighted by atomic mass is 16.2. The number of hydrogen-bond acceptors (Lipinski definition) is 7. The van der Waals surface area contributed by atoms with Crippen LogP contribution in [-0.2, 0) is 35.2 Å². The van der Waals surface area contributed by atoms with Crippen molar-refractivity contribution in [1.29, 1.82) is 0 Å². The lowest BCUT2D eigenvalue weighted by Gasteiger charge is -2.34. The topological polar surface area (TPSA) is 174 Å². The molecule has 1 atom stereocenters. The van der Waals surface area contributed by atoms with Crippen molar-refractivity contribution in [3.05, 3.63) is 59.7 Å². The van der Waals surface area contributed by atoms with Crippen molar-refractivity contribution < 1.29 is 33.6 Å². The van der Waals surface area contributed by atoms with E-state index in [1.807, 2.05) is 45.8 Å². The molecule has 0 unspecified atom stereocenters. The number of benzene rings is 2. The lowest BCUT2D eigenvalue weighted by molar-refractivity contribution is -0.144. The van der Waals surface area contributed by atoms with Crippen molar-refractivity contribution in [3.8, 4) is 0 Å². The van der Waals surface area contributed by atoms with E-state index in [1.165, 1.54) is 18.2 Å². The number of ketones is 1. The van der Waals surface area contributed by atoms with Crippen LogP contribution in [0.2, 0.25) is 0 Å². The number of likely N-dealkylation sites (tertiary alicyclic amines) is 1. The Morgan fingerprint density at radius 3 is 1.94 bits per heavy atom. The maximum atomic E-state index is 13.2. The van der Waals surface area contributed by atoms with Gasteiger partial charge in [-0.1, -0.05) is 64.4 Å². The molecule has 0 saturated carbocycles. The molecule has 3 rings (SSSR count). The lowest BCUT2D eigenvalue weighted by Crippen LogP contribution is -2.56. The molecule has 13 nitrogen and oxygen atoms in total. The summed E-state index contributed by atoms with van der Waals surface area (Å²) >= 11 is 0. The van der Waals surface area contributed by atoms with Crippen molar-refractivity contribution in [2.24, 2.45) is 0 Å². The average Bonchev–Trinajstić information content (AvgIpc) is 3.65. The summed E-state index contributed by atoms with van der Waals surface area (Å²) in [4.78, 5) is 86.7. The number of nitrogens with one attached hydrogen (secondary N) is 4. The minimum atomic E-state index is -1.12. The van der Waals surface area contributed by atoms with Gasteiger partial charge in [-0.05, 0) is 69.9 Å². The standard InChI is InChI=1S/C32H42N6O6.C3H8.C2H6.CH2O/c1-21(2)38(27(17-23(4)39)31(43)34-19-29(41)37-15-7-8-16-37)30(42)20-33-28(40)18-24-11-13-25(14-12-24)35-32(44)36-26-10-6-5-9-22(26)3;1-3-2;2*1-2/h5-6,9-14,21,27H,7-8,15-20H2,1-4H3,(H,33,40)(H,34,43)(H2,35,36,44);3H2,1-2H3;1-2H3;1H2/t27-;;;/m0.../s1. The number of anilines is 2. The fourth-order valence-electron chi connectivity index (χ4n) is 4.99. The summed E-state index contributed by atoms with van der Waals surface area (Å²) in [6.45, 7) is 17.6. The van der Waals surface area contributed by atoms with E-state index in [1.54, 1.807) is 49.1 Å².